The van der Waals surface area contributed by atoms with Gasteiger partial charge >= 0.3 is 0 Å². The third kappa shape index (κ3) is 6.03. The molecule has 6 nitrogen and oxygen atoms in total. The van der Waals surface area contributed by atoms with Crippen LogP contribution in [0.2, 0.25) is 0 Å². The van der Waals surface area contributed by atoms with Crippen molar-refractivity contribution in [1.29, 1.82) is 0 Å². The first-order chi connectivity index (χ1) is 15.2. The molecule has 3 aromatic rings. The standard InChI is InChI=1S/C25H30N4O2/c30-23-11-14-28(15-12-23)16-13-24(31)26-17-22-19-29(18-20-7-3-1-4-8-20)27-25(22)21-9-5-2-6-10-21/h1-10,19,23,30H,11-18H2,(H,26,31). The van der Waals surface area contributed by atoms with E-state index < -0.39 is 0 Å². The van der Waals surface area contributed by atoms with Crippen molar-refractivity contribution < 1.29 is 9.90 Å². The van der Waals surface area contributed by atoms with Crippen molar-refractivity contribution in [3.8, 4) is 11.3 Å². The van der Waals surface area contributed by atoms with Crippen LogP contribution in [-0.2, 0) is 17.9 Å². The van der Waals surface area contributed by atoms with Crippen LogP contribution >= 0.6 is 0 Å². The first-order valence-electron chi connectivity index (χ1n) is 11.0. The third-order valence-electron chi connectivity index (χ3n) is 5.76. The number of hydrogen-bond acceptors (Lipinski definition) is 4. The van der Waals surface area contributed by atoms with Gasteiger partial charge in [-0.1, -0.05) is 60.7 Å². The quantitative estimate of drug-likeness (QED) is 0.590. The summed E-state index contributed by atoms with van der Waals surface area (Å²) in [7, 11) is 0. The molecule has 1 aromatic heterocycles. The number of amides is 1. The van der Waals surface area contributed by atoms with Gasteiger partial charge in [-0.05, 0) is 18.4 Å². The van der Waals surface area contributed by atoms with E-state index in [1.807, 2.05) is 59.4 Å². The lowest BCUT2D eigenvalue weighted by atomic mass is 10.1. The van der Waals surface area contributed by atoms with E-state index >= 15 is 0 Å². The van der Waals surface area contributed by atoms with Crippen molar-refractivity contribution >= 4 is 5.91 Å². The summed E-state index contributed by atoms with van der Waals surface area (Å²) in [6.07, 6.45) is 3.90. The Hall–Kier alpha value is -2.96. The first kappa shape index (κ1) is 21.3. The molecular weight excluding hydrogens is 388 g/mol. The summed E-state index contributed by atoms with van der Waals surface area (Å²) in [5.41, 5.74) is 4.15. The fraction of sp³-hybridized carbons (Fsp3) is 0.360. The van der Waals surface area contributed by atoms with E-state index in [0.717, 1.165) is 49.3 Å². The largest absolute Gasteiger partial charge is 0.393 e. The van der Waals surface area contributed by atoms with Crippen molar-refractivity contribution in [2.24, 2.45) is 0 Å². The Labute approximate surface area is 183 Å². The van der Waals surface area contributed by atoms with Crippen LogP contribution in [0.4, 0.5) is 0 Å². The molecule has 0 radical (unpaired) electrons. The molecule has 1 amide bonds. The second kappa shape index (κ2) is 10.4. The van der Waals surface area contributed by atoms with E-state index in [1.54, 1.807) is 0 Å². The summed E-state index contributed by atoms with van der Waals surface area (Å²) in [6.45, 7) is 3.60. The molecule has 0 unspecified atom stereocenters. The molecule has 2 N–H and O–H groups in total. The second-order valence-electron chi connectivity index (χ2n) is 8.15. The number of likely N-dealkylation sites (tertiary alicyclic amines) is 1. The van der Waals surface area contributed by atoms with Crippen LogP contribution in [0.1, 0.15) is 30.4 Å². The van der Waals surface area contributed by atoms with E-state index in [-0.39, 0.29) is 12.0 Å². The zero-order valence-electron chi connectivity index (χ0n) is 17.8. The smallest absolute Gasteiger partial charge is 0.221 e. The fourth-order valence-electron chi connectivity index (χ4n) is 3.97. The normalized spacial score (nSPS) is 15.1. The fourth-order valence-corrected chi connectivity index (χ4v) is 3.97. The molecule has 0 atom stereocenters. The molecule has 1 fully saturated rings. The molecule has 162 valence electrons. The lowest BCUT2D eigenvalue weighted by Crippen LogP contribution is -2.38. The topological polar surface area (TPSA) is 70.4 Å². The van der Waals surface area contributed by atoms with Crippen LogP contribution in [0.25, 0.3) is 11.3 Å². The number of carbonyl (C=O) groups is 1. The maximum Gasteiger partial charge on any atom is 0.221 e. The molecule has 2 heterocycles. The van der Waals surface area contributed by atoms with Gasteiger partial charge in [0.15, 0.2) is 0 Å². The summed E-state index contributed by atoms with van der Waals surface area (Å²) >= 11 is 0. The van der Waals surface area contributed by atoms with Gasteiger partial charge in [0.1, 0.15) is 0 Å². The average Bonchev–Trinajstić information content (AvgIpc) is 3.21. The summed E-state index contributed by atoms with van der Waals surface area (Å²) in [4.78, 5) is 14.7. The molecule has 1 aliphatic heterocycles. The Bertz CT molecular complexity index is 964. The highest BCUT2D eigenvalue weighted by Gasteiger charge is 2.18. The molecule has 0 aliphatic carbocycles. The van der Waals surface area contributed by atoms with E-state index in [4.69, 9.17) is 5.10 Å². The number of aliphatic hydroxyl groups excluding tert-OH is 1. The Balaban J connectivity index is 1.39. The Kier molecular flexibility index (Phi) is 7.12. The molecule has 0 saturated carbocycles. The number of piperidine rings is 1. The highest BCUT2D eigenvalue weighted by molar-refractivity contribution is 5.76. The van der Waals surface area contributed by atoms with Crippen molar-refractivity contribution in [2.75, 3.05) is 19.6 Å². The minimum absolute atomic E-state index is 0.0425. The van der Waals surface area contributed by atoms with Crippen molar-refractivity contribution in [3.63, 3.8) is 0 Å². The van der Waals surface area contributed by atoms with Gasteiger partial charge < -0.3 is 15.3 Å². The van der Waals surface area contributed by atoms with Gasteiger partial charge in [0.25, 0.3) is 0 Å². The molecule has 31 heavy (non-hydrogen) atoms. The first-order valence-corrected chi connectivity index (χ1v) is 11.0. The van der Waals surface area contributed by atoms with E-state index in [2.05, 4.69) is 22.3 Å². The number of benzene rings is 2. The van der Waals surface area contributed by atoms with Crippen LogP contribution in [0.5, 0.6) is 0 Å². The van der Waals surface area contributed by atoms with Gasteiger partial charge in [-0.2, -0.15) is 5.10 Å². The summed E-state index contributed by atoms with van der Waals surface area (Å²) < 4.78 is 1.94. The molecule has 0 bridgehead atoms. The van der Waals surface area contributed by atoms with Crippen LogP contribution in [0, 0.1) is 0 Å². The predicted molar refractivity (Wildman–Crippen MR) is 121 cm³/mol. The number of aromatic nitrogens is 2. The zero-order valence-corrected chi connectivity index (χ0v) is 17.8. The summed E-state index contributed by atoms with van der Waals surface area (Å²) in [5, 5.41) is 17.5. The highest BCUT2D eigenvalue weighted by Crippen LogP contribution is 2.22. The van der Waals surface area contributed by atoms with Gasteiger partial charge in [0, 0.05) is 49.9 Å². The number of rotatable bonds is 8. The van der Waals surface area contributed by atoms with E-state index in [9.17, 15) is 9.90 Å². The van der Waals surface area contributed by atoms with Crippen molar-refractivity contribution in [2.45, 2.75) is 38.5 Å². The molecule has 6 heteroatoms. The third-order valence-corrected chi connectivity index (χ3v) is 5.76. The number of nitrogens with zero attached hydrogens (tertiary/aromatic N) is 3. The molecule has 4 rings (SSSR count). The number of hydrogen-bond donors (Lipinski definition) is 2. The minimum atomic E-state index is -0.186. The average molecular weight is 419 g/mol. The second-order valence-corrected chi connectivity index (χ2v) is 8.15. The van der Waals surface area contributed by atoms with Crippen LogP contribution < -0.4 is 5.32 Å². The van der Waals surface area contributed by atoms with Gasteiger partial charge in [0.05, 0.1) is 18.3 Å². The van der Waals surface area contributed by atoms with Gasteiger partial charge in [-0.25, -0.2) is 0 Å². The SMILES string of the molecule is O=C(CCN1CCC(O)CC1)NCc1cn(Cc2ccccc2)nc1-c1ccccc1. The predicted octanol–water partition coefficient (Wildman–Crippen LogP) is 3.06. The Morgan fingerprint density at radius 3 is 2.42 bits per heavy atom. The van der Waals surface area contributed by atoms with Crippen LogP contribution in [-0.4, -0.2) is 51.4 Å². The van der Waals surface area contributed by atoms with Crippen molar-refractivity contribution in [1.82, 2.24) is 20.0 Å². The maximum absolute atomic E-state index is 12.5. The van der Waals surface area contributed by atoms with Crippen LogP contribution in [0.3, 0.4) is 0 Å². The summed E-state index contributed by atoms with van der Waals surface area (Å²) in [6, 6.07) is 20.3. The van der Waals surface area contributed by atoms with E-state index in [0.29, 0.717) is 19.5 Å². The van der Waals surface area contributed by atoms with Gasteiger partial charge in [-0.15, -0.1) is 0 Å². The Morgan fingerprint density at radius 1 is 1.03 bits per heavy atom. The zero-order chi connectivity index (χ0) is 21.5. The number of aliphatic hydroxyl groups is 1. The molecule has 2 aromatic carbocycles. The molecule has 1 aliphatic rings. The number of nitrogens with one attached hydrogen (secondary N) is 1. The maximum atomic E-state index is 12.5. The lowest BCUT2D eigenvalue weighted by Gasteiger charge is -2.29. The molecular formula is C25H30N4O2. The van der Waals surface area contributed by atoms with Crippen molar-refractivity contribution in [3.05, 3.63) is 78.0 Å². The highest BCUT2D eigenvalue weighted by atomic mass is 16.3. The van der Waals surface area contributed by atoms with Gasteiger partial charge in [0.2, 0.25) is 5.91 Å². The lowest BCUT2D eigenvalue weighted by molar-refractivity contribution is -0.121. The summed E-state index contributed by atoms with van der Waals surface area (Å²) in [5.74, 6) is 0.0425. The molecule has 0 spiro atoms. The van der Waals surface area contributed by atoms with Gasteiger partial charge in [-0.3, -0.25) is 9.48 Å². The molecule has 1 saturated heterocycles. The monoisotopic (exact) mass is 418 g/mol. The van der Waals surface area contributed by atoms with E-state index in [1.165, 1.54) is 5.56 Å². The number of carbonyl (C=O) groups excluding carboxylic acids is 1. The van der Waals surface area contributed by atoms with Crippen LogP contribution in [0.15, 0.2) is 66.9 Å². The Morgan fingerprint density at radius 2 is 1.71 bits per heavy atom. The minimum Gasteiger partial charge on any atom is -0.393 e.